The standard InChI is InChI=1S/C24H22F3N5O2/c1-16-2-3-19(29-23(33)17-4-6-32(15-17)24(25,26)27)13-20(16)18-12-21(30-8-10-34-11-9-30)22-28-5-7-31(22)14-18/h2-7,12-15H,8-11H2,1H3,(H,29,33). The van der Waals surface area contributed by atoms with Crippen LogP contribution in [-0.4, -0.2) is 46.2 Å². The molecule has 3 aromatic heterocycles. The number of ether oxygens (including phenoxy) is 1. The van der Waals surface area contributed by atoms with Crippen molar-refractivity contribution in [1.29, 1.82) is 0 Å². The van der Waals surface area contributed by atoms with Crippen LogP contribution in [-0.2, 0) is 11.0 Å². The molecular weight excluding hydrogens is 447 g/mol. The lowest BCUT2D eigenvalue weighted by molar-refractivity contribution is -0.203. The highest BCUT2D eigenvalue weighted by molar-refractivity contribution is 6.04. The molecule has 0 aliphatic carbocycles. The Hall–Kier alpha value is -3.79. The SMILES string of the molecule is Cc1ccc(NC(=O)c2ccn(C(F)(F)F)c2)cc1-c1cc(N2CCOCC2)c2nccn2c1. The van der Waals surface area contributed by atoms with E-state index in [1.54, 1.807) is 12.3 Å². The van der Waals surface area contributed by atoms with Gasteiger partial charge >= 0.3 is 6.30 Å². The van der Waals surface area contributed by atoms with Crippen molar-refractivity contribution in [3.8, 4) is 11.1 Å². The predicted octanol–water partition coefficient (Wildman–Crippen LogP) is 4.68. The van der Waals surface area contributed by atoms with E-state index >= 15 is 0 Å². The zero-order valence-electron chi connectivity index (χ0n) is 18.3. The van der Waals surface area contributed by atoms with Crippen LogP contribution in [0.5, 0.6) is 0 Å². The van der Waals surface area contributed by atoms with Gasteiger partial charge in [-0.15, -0.1) is 13.2 Å². The van der Waals surface area contributed by atoms with Gasteiger partial charge in [-0.1, -0.05) is 6.07 Å². The van der Waals surface area contributed by atoms with Crippen molar-refractivity contribution in [3.63, 3.8) is 0 Å². The molecule has 1 aromatic carbocycles. The van der Waals surface area contributed by atoms with Gasteiger partial charge in [0.1, 0.15) is 0 Å². The first-order chi connectivity index (χ1) is 16.3. The second-order valence-electron chi connectivity index (χ2n) is 8.13. The normalized spacial score (nSPS) is 14.5. The average molecular weight is 469 g/mol. The zero-order chi connectivity index (χ0) is 23.9. The van der Waals surface area contributed by atoms with Crippen molar-refractivity contribution >= 4 is 22.9 Å². The number of aryl methyl sites for hydroxylation is 1. The molecule has 0 radical (unpaired) electrons. The van der Waals surface area contributed by atoms with E-state index < -0.39 is 12.2 Å². The van der Waals surface area contributed by atoms with Crippen LogP contribution >= 0.6 is 0 Å². The van der Waals surface area contributed by atoms with Crippen LogP contribution in [0, 0.1) is 6.92 Å². The van der Waals surface area contributed by atoms with Crippen molar-refractivity contribution in [2.45, 2.75) is 13.2 Å². The molecule has 1 fully saturated rings. The number of rotatable bonds is 4. The summed E-state index contributed by atoms with van der Waals surface area (Å²) in [7, 11) is 0. The first-order valence-electron chi connectivity index (χ1n) is 10.8. The molecule has 4 aromatic rings. The minimum absolute atomic E-state index is 0.0516. The molecule has 4 heterocycles. The molecule has 1 aliphatic heterocycles. The Kier molecular flexibility index (Phi) is 5.52. The Balaban J connectivity index is 1.47. The molecule has 176 valence electrons. The first-order valence-corrected chi connectivity index (χ1v) is 10.8. The summed E-state index contributed by atoms with van der Waals surface area (Å²) in [5.74, 6) is -0.614. The quantitative estimate of drug-likeness (QED) is 0.472. The smallest absolute Gasteiger partial charge is 0.378 e. The van der Waals surface area contributed by atoms with Gasteiger partial charge in [0.25, 0.3) is 5.91 Å². The van der Waals surface area contributed by atoms with E-state index in [2.05, 4.69) is 21.3 Å². The van der Waals surface area contributed by atoms with Crippen LogP contribution < -0.4 is 10.2 Å². The number of carbonyl (C=O) groups is 1. The number of carbonyl (C=O) groups excluding carboxylic acids is 1. The van der Waals surface area contributed by atoms with Crippen LogP contribution in [0.25, 0.3) is 16.8 Å². The Labute approximate surface area is 193 Å². The van der Waals surface area contributed by atoms with Crippen molar-refractivity contribution in [1.82, 2.24) is 14.0 Å². The number of amides is 1. The Morgan fingerprint density at radius 3 is 2.62 bits per heavy atom. The summed E-state index contributed by atoms with van der Waals surface area (Å²) in [6.45, 7) is 4.79. The van der Waals surface area contributed by atoms with E-state index in [0.717, 1.165) is 59.6 Å². The summed E-state index contributed by atoms with van der Waals surface area (Å²) < 4.78 is 46.0. The van der Waals surface area contributed by atoms with E-state index in [1.165, 1.54) is 0 Å². The molecule has 0 unspecified atom stereocenters. The number of pyridine rings is 1. The molecule has 10 heteroatoms. The number of morpholine rings is 1. The monoisotopic (exact) mass is 469 g/mol. The molecule has 5 rings (SSSR count). The first kappa shape index (κ1) is 22.0. The van der Waals surface area contributed by atoms with Crippen molar-refractivity contribution in [2.24, 2.45) is 0 Å². The summed E-state index contributed by atoms with van der Waals surface area (Å²) in [6.07, 6.45) is 2.63. The van der Waals surface area contributed by atoms with Gasteiger partial charge in [-0.3, -0.25) is 9.36 Å². The molecule has 1 N–H and O–H groups in total. The Bertz CT molecular complexity index is 1350. The van der Waals surface area contributed by atoms with Gasteiger partial charge in [0.05, 0.1) is 24.5 Å². The molecule has 0 atom stereocenters. The lowest BCUT2D eigenvalue weighted by Gasteiger charge is -2.29. The van der Waals surface area contributed by atoms with E-state index in [9.17, 15) is 18.0 Å². The van der Waals surface area contributed by atoms with Crippen LogP contribution in [0.1, 0.15) is 15.9 Å². The lowest BCUT2D eigenvalue weighted by atomic mass is 10.0. The largest absolute Gasteiger partial charge is 0.488 e. The number of hydrogen-bond acceptors (Lipinski definition) is 4. The molecule has 34 heavy (non-hydrogen) atoms. The van der Waals surface area contributed by atoms with Crippen LogP contribution in [0.3, 0.4) is 0 Å². The number of benzene rings is 1. The maximum absolute atomic E-state index is 12.8. The number of nitrogens with one attached hydrogen (secondary N) is 1. The van der Waals surface area contributed by atoms with Gasteiger partial charge in [-0.05, 0) is 42.3 Å². The molecular formula is C24H22F3N5O2. The third-order valence-electron chi connectivity index (χ3n) is 5.87. The third kappa shape index (κ3) is 4.24. The summed E-state index contributed by atoms with van der Waals surface area (Å²) in [5.41, 5.74) is 5.08. The highest BCUT2D eigenvalue weighted by atomic mass is 19.4. The van der Waals surface area contributed by atoms with Gasteiger partial charge in [0.15, 0.2) is 5.65 Å². The van der Waals surface area contributed by atoms with Crippen molar-refractivity contribution in [3.05, 3.63) is 72.4 Å². The third-order valence-corrected chi connectivity index (χ3v) is 5.87. The highest BCUT2D eigenvalue weighted by Crippen LogP contribution is 2.32. The highest BCUT2D eigenvalue weighted by Gasteiger charge is 2.30. The zero-order valence-corrected chi connectivity index (χ0v) is 18.3. The number of nitrogens with zero attached hydrogens (tertiary/aromatic N) is 4. The molecule has 7 nitrogen and oxygen atoms in total. The minimum atomic E-state index is -4.57. The van der Waals surface area contributed by atoms with Gasteiger partial charge in [-0.2, -0.15) is 0 Å². The Morgan fingerprint density at radius 1 is 1.09 bits per heavy atom. The molecule has 1 aliphatic rings. The number of fused-ring (bicyclic) bond motifs is 1. The van der Waals surface area contributed by atoms with Crippen LogP contribution in [0.4, 0.5) is 24.5 Å². The number of halogens is 3. The number of alkyl halides is 3. The molecule has 1 saturated heterocycles. The summed E-state index contributed by atoms with van der Waals surface area (Å²) in [6, 6.07) is 8.65. The Morgan fingerprint density at radius 2 is 1.88 bits per heavy atom. The molecule has 0 bridgehead atoms. The van der Waals surface area contributed by atoms with E-state index in [-0.39, 0.29) is 10.1 Å². The number of anilines is 2. The fourth-order valence-electron chi connectivity index (χ4n) is 4.10. The van der Waals surface area contributed by atoms with Crippen molar-refractivity contribution in [2.75, 3.05) is 36.5 Å². The van der Waals surface area contributed by atoms with Crippen LogP contribution in [0.2, 0.25) is 0 Å². The number of hydrogen-bond donors (Lipinski definition) is 1. The van der Waals surface area contributed by atoms with E-state index in [4.69, 9.17) is 4.74 Å². The topological polar surface area (TPSA) is 63.8 Å². The van der Waals surface area contributed by atoms with Gasteiger partial charge in [0, 0.05) is 55.3 Å². The van der Waals surface area contributed by atoms with Crippen LogP contribution in [0.15, 0.2) is 61.3 Å². The minimum Gasteiger partial charge on any atom is -0.378 e. The molecule has 1 amide bonds. The summed E-state index contributed by atoms with van der Waals surface area (Å²) >= 11 is 0. The predicted molar refractivity (Wildman–Crippen MR) is 122 cm³/mol. The van der Waals surface area contributed by atoms with Gasteiger partial charge in [-0.25, -0.2) is 4.98 Å². The fourth-order valence-corrected chi connectivity index (χ4v) is 4.10. The van der Waals surface area contributed by atoms with E-state index in [1.807, 2.05) is 35.9 Å². The summed E-state index contributed by atoms with van der Waals surface area (Å²) in [5, 5.41) is 2.70. The number of aromatic nitrogens is 3. The average Bonchev–Trinajstić information content (AvgIpc) is 3.50. The second kappa shape index (κ2) is 8.53. The van der Waals surface area contributed by atoms with Crippen molar-refractivity contribution < 1.29 is 22.7 Å². The molecule has 0 spiro atoms. The van der Waals surface area contributed by atoms with E-state index in [0.29, 0.717) is 18.9 Å². The summed E-state index contributed by atoms with van der Waals surface area (Å²) in [4.78, 5) is 19.3. The maximum atomic E-state index is 12.8. The second-order valence-corrected chi connectivity index (χ2v) is 8.13. The lowest BCUT2D eigenvalue weighted by Crippen LogP contribution is -2.36. The maximum Gasteiger partial charge on any atom is 0.488 e. The molecule has 0 saturated carbocycles. The fraction of sp³-hybridized carbons (Fsp3) is 0.250. The number of imidazole rings is 1. The van der Waals surface area contributed by atoms with Gasteiger partial charge < -0.3 is 19.4 Å². The van der Waals surface area contributed by atoms with Gasteiger partial charge in [0.2, 0.25) is 0 Å².